The summed E-state index contributed by atoms with van der Waals surface area (Å²) in [6.07, 6.45) is 0.983. The molecule has 76 valence electrons. The van der Waals surface area contributed by atoms with E-state index in [0.717, 1.165) is 18.5 Å². The molecule has 14 heavy (non-hydrogen) atoms. The van der Waals surface area contributed by atoms with Crippen molar-refractivity contribution in [3.05, 3.63) is 34.6 Å². The van der Waals surface area contributed by atoms with Crippen LogP contribution in [0.4, 0.5) is 4.39 Å². The average molecular weight is 214 g/mol. The molecule has 1 aliphatic rings. The molecule has 1 nitrogen and oxygen atoms in total. The zero-order chi connectivity index (χ0) is 10.1. The standard InChI is InChI=1S/C11H13ClFN/c1-7-4-8(6-14-7)10-5-9(12)2-3-11(10)13/h2-3,5,7-8,14H,4,6H2,1H3. The predicted octanol–water partition coefficient (Wildman–Crippen LogP) is 2.94. The highest BCUT2D eigenvalue weighted by molar-refractivity contribution is 6.30. The normalized spacial score (nSPS) is 26.8. The molecule has 2 rings (SSSR count). The van der Waals surface area contributed by atoms with Gasteiger partial charge in [0, 0.05) is 23.5 Å². The number of benzene rings is 1. The van der Waals surface area contributed by atoms with Crippen molar-refractivity contribution in [2.24, 2.45) is 0 Å². The van der Waals surface area contributed by atoms with Gasteiger partial charge in [0.15, 0.2) is 0 Å². The third-order valence-corrected chi connectivity index (χ3v) is 2.98. The maximum atomic E-state index is 13.5. The summed E-state index contributed by atoms with van der Waals surface area (Å²) in [6.45, 7) is 2.96. The summed E-state index contributed by atoms with van der Waals surface area (Å²) in [5.41, 5.74) is 0.745. The van der Waals surface area contributed by atoms with Crippen LogP contribution in [0, 0.1) is 5.82 Å². The van der Waals surface area contributed by atoms with E-state index in [1.165, 1.54) is 6.07 Å². The monoisotopic (exact) mass is 213 g/mol. The van der Waals surface area contributed by atoms with Gasteiger partial charge in [-0.25, -0.2) is 4.39 Å². The first kappa shape index (κ1) is 9.94. The van der Waals surface area contributed by atoms with E-state index in [-0.39, 0.29) is 11.7 Å². The van der Waals surface area contributed by atoms with Crippen molar-refractivity contribution in [1.82, 2.24) is 5.32 Å². The zero-order valence-corrected chi connectivity index (χ0v) is 8.81. The van der Waals surface area contributed by atoms with Crippen molar-refractivity contribution in [1.29, 1.82) is 0 Å². The lowest BCUT2D eigenvalue weighted by Gasteiger charge is -2.10. The van der Waals surface area contributed by atoms with Crippen molar-refractivity contribution < 1.29 is 4.39 Å². The Morgan fingerprint density at radius 1 is 1.50 bits per heavy atom. The second-order valence-corrected chi connectivity index (χ2v) is 4.34. The Hall–Kier alpha value is -0.600. The highest BCUT2D eigenvalue weighted by Crippen LogP contribution is 2.29. The van der Waals surface area contributed by atoms with Gasteiger partial charge in [0.25, 0.3) is 0 Å². The second-order valence-electron chi connectivity index (χ2n) is 3.91. The highest BCUT2D eigenvalue weighted by Gasteiger charge is 2.24. The van der Waals surface area contributed by atoms with Crippen molar-refractivity contribution in [2.45, 2.75) is 25.3 Å². The predicted molar refractivity (Wildman–Crippen MR) is 56.2 cm³/mol. The first-order chi connectivity index (χ1) is 6.66. The maximum Gasteiger partial charge on any atom is 0.126 e. The molecule has 1 aliphatic heterocycles. The molecule has 1 saturated heterocycles. The van der Waals surface area contributed by atoms with Gasteiger partial charge in [-0.05, 0) is 37.1 Å². The van der Waals surface area contributed by atoms with Crippen LogP contribution in [-0.4, -0.2) is 12.6 Å². The van der Waals surface area contributed by atoms with Gasteiger partial charge >= 0.3 is 0 Å². The molecule has 0 bridgehead atoms. The molecule has 0 saturated carbocycles. The minimum absolute atomic E-state index is 0.143. The summed E-state index contributed by atoms with van der Waals surface area (Å²) < 4.78 is 13.5. The lowest BCUT2D eigenvalue weighted by Crippen LogP contribution is -2.16. The van der Waals surface area contributed by atoms with Crippen LogP contribution in [0.2, 0.25) is 5.02 Å². The number of hydrogen-bond acceptors (Lipinski definition) is 1. The smallest absolute Gasteiger partial charge is 0.126 e. The number of nitrogens with one attached hydrogen (secondary N) is 1. The average Bonchev–Trinajstić information content (AvgIpc) is 2.56. The Kier molecular flexibility index (Phi) is 2.75. The Bertz CT molecular complexity index is 340. The zero-order valence-electron chi connectivity index (χ0n) is 8.06. The molecule has 1 heterocycles. The molecular weight excluding hydrogens is 201 g/mol. The molecule has 1 aromatic rings. The molecule has 0 radical (unpaired) electrons. The highest BCUT2D eigenvalue weighted by atomic mass is 35.5. The van der Waals surface area contributed by atoms with Gasteiger partial charge in [-0.1, -0.05) is 11.6 Å². The van der Waals surface area contributed by atoms with Crippen LogP contribution < -0.4 is 5.32 Å². The molecule has 2 unspecified atom stereocenters. The van der Waals surface area contributed by atoms with Crippen LogP contribution in [0.15, 0.2) is 18.2 Å². The van der Waals surface area contributed by atoms with Gasteiger partial charge in [0.2, 0.25) is 0 Å². The fourth-order valence-corrected chi connectivity index (χ4v) is 2.18. The quantitative estimate of drug-likeness (QED) is 0.757. The molecule has 1 fully saturated rings. The van der Waals surface area contributed by atoms with Crippen LogP contribution in [0.5, 0.6) is 0 Å². The molecule has 2 atom stereocenters. The molecule has 1 aromatic carbocycles. The molecule has 0 aliphatic carbocycles. The van der Waals surface area contributed by atoms with Crippen molar-refractivity contribution >= 4 is 11.6 Å². The van der Waals surface area contributed by atoms with Gasteiger partial charge < -0.3 is 5.32 Å². The van der Waals surface area contributed by atoms with E-state index in [1.807, 2.05) is 0 Å². The Morgan fingerprint density at radius 3 is 2.93 bits per heavy atom. The topological polar surface area (TPSA) is 12.0 Å². The number of halogens is 2. The van der Waals surface area contributed by atoms with E-state index in [4.69, 9.17) is 11.6 Å². The molecular formula is C11H13ClFN. The Labute approximate surface area is 88.3 Å². The van der Waals surface area contributed by atoms with Crippen LogP contribution in [-0.2, 0) is 0 Å². The summed E-state index contributed by atoms with van der Waals surface area (Å²) in [4.78, 5) is 0. The lowest BCUT2D eigenvalue weighted by atomic mass is 9.96. The molecule has 0 amide bonds. The summed E-state index contributed by atoms with van der Waals surface area (Å²) >= 11 is 5.84. The third kappa shape index (κ3) is 1.91. The van der Waals surface area contributed by atoms with E-state index in [1.54, 1.807) is 12.1 Å². The van der Waals surface area contributed by atoms with Gasteiger partial charge in [0.05, 0.1) is 0 Å². The fraction of sp³-hybridized carbons (Fsp3) is 0.455. The minimum Gasteiger partial charge on any atom is -0.314 e. The van der Waals surface area contributed by atoms with E-state index in [0.29, 0.717) is 11.1 Å². The van der Waals surface area contributed by atoms with E-state index in [9.17, 15) is 4.39 Å². The van der Waals surface area contributed by atoms with Crippen molar-refractivity contribution in [3.63, 3.8) is 0 Å². The Morgan fingerprint density at radius 2 is 2.29 bits per heavy atom. The van der Waals surface area contributed by atoms with Gasteiger partial charge in [-0.2, -0.15) is 0 Å². The van der Waals surface area contributed by atoms with Crippen LogP contribution in [0.3, 0.4) is 0 Å². The van der Waals surface area contributed by atoms with Crippen LogP contribution in [0.1, 0.15) is 24.8 Å². The lowest BCUT2D eigenvalue weighted by molar-refractivity contribution is 0.584. The van der Waals surface area contributed by atoms with Crippen molar-refractivity contribution in [2.75, 3.05) is 6.54 Å². The fourth-order valence-electron chi connectivity index (χ4n) is 2.00. The molecule has 3 heteroatoms. The maximum absolute atomic E-state index is 13.5. The summed E-state index contributed by atoms with van der Waals surface area (Å²) in [6, 6.07) is 5.24. The molecule has 0 spiro atoms. The minimum atomic E-state index is -0.143. The van der Waals surface area contributed by atoms with E-state index >= 15 is 0 Å². The number of rotatable bonds is 1. The number of hydrogen-bond donors (Lipinski definition) is 1. The summed E-state index contributed by atoms with van der Waals surface area (Å²) in [7, 11) is 0. The Balaban J connectivity index is 2.27. The van der Waals surface area contributed by atoms with E-state index in [2.05, 4.69) is 12.2 Å². The summed E-state index contributed by atoms with van der Waals surface area (Å²) in [5, 5.41) is 3.92. The molecule has 0 aromatic heterocycles. The van der Waals surface area contributed by atoms with E-state index < -0.39 is 0 Å². The van der Waals surface area contributed by atoms with Gasteiger partial charge in [-0.15, -0.1) is 0 Å². The first-order valence-corrected chi connectivity index (χ1v) is 5.23. The first-order valence-electron chi connectivity index (χ1n) is 4.85. The van der Waals surface area contributed by atoms with Crippen molar-refractivity contribution in [3.8, 4) is 0 Å². The van der Waals surface area contributed by atoms with Crippen LogP contribution in [0.25, 0.3) is 0 Å². The SMILES string of the molecule is CC1CC(c2cc(Cl)ccc2F)CN1. The molecule has 1 N–H and O–H groups in total. The third-order valence-electron chi connectivity index (χ3n) is 2.75. The summed E-state index contributed by atoms with van der Waals surface area (Å²) in [5.74, 6) is 0.124. The van der Waals surface area contributed by atoms with Gasteiger partial charge in [-0.3, -0.25) is 0 Å². The van der Waals surface area contributed by atoms with Crippen LogP contribution >= 0.6 is 11.6 Å². The second kappa shape index (κ2) is 3.87. The largest absolute Gasteiger partial charge is 0.314 e. The van der Waals surface area contributed by atoms with Gasteiger partial charge in [0.1, 0.15) is 5.82 Å².